The van der Waals surface area contributed by atoms with Gasteiger partial charge in [0, 0.05) is 49.9 Å². The summed E-state index contributed by atoms with van der Waals surface area (Å²) in [4.78, 5) is 6.68. The van der Waals surface area contributed by atoms with E-state index in [1.54, 1.807) is 0 Å². The number of hydrogen-bond donors (Lipinski definition) is 1. The van der Waals surface area contributed by atoms with Crippen molar-refractivity contribution < 1.29 is 4.74 Å². The third kappa shape index (κ3) is 4.48. The highest BCUT2D eigenvalue weighted by molar-refractivity contribution is 5.52. The fourth-order valence-corrected chi connectivity index (χ4v) is 2.35. The minimum Gasteiger partial charge on any atom is -0.380 e. The van der Waals surface area contributed by atoms with Crippen LogP contribution in [0.3, 0.4) is 0 Å². The summed E-state index contributed by atoms with van der Waals surface area (Å²) < 4.78 is 5.53. The molecule has 0 atom stereocenters. The second-order valence-corrected chi connectivity index (χ2v) is 5.48. The summed E-state index contributed by atoms with van der Waals surface area (Å²) in [7, 11) is 0. The summed E-state index contributed by atoms with van der Waals surface area (Å²) in [6, 6.07) is 2.12. The van der Waals surface area contributed by atoms with Gasteiger partial charge in [-0.05, 0) is 24.9 Å². The van der Waals surface area contributed by atoms with Gasteiger partial charge in [0.05, 0.1) is 6.61 Å². The van der Waals surface area contributed by atoms with E-state index in [1.165, 1.54) is 11.3 Å². The molecule has 0 saturated carbocycles. The molecule has 1 aliphatic rings. The number of aromatic nitrogens is 1. The van der Waals surface area contributed by atoms with Crippen molar-refractivity contribution >= 4 is 5.69 Å². The van der Waals surface area contributed by atoms with Gasteiger partial charge >= 0.3 is 0 Å². The molecule has 0 bridgehead atoms. The molecule has 0 unspecified atom stereocenters. The maximum atomic E-state index is 5.53. The van der Waals surface area contributed by atoms with Crippen LogP contribution < -0.4 is 10.2 Å². The van der Waals surface area contributed by atoms with Gasteiger partial charge in [0.15, 0.2) is 0 Å². The molecule has 1 N–H and O–H groups in total. The standard InChI is InChI=1S/C15H25N3O/c1-13(2)10-17-12-14-11-16-5-4-15(14)18-6-3-8-19-9-7-18/h4-5,11,13,17H,3,6-10,12H2,1-2H3. The lowest BCUT2D eigenvalue weighted by Gasteiger charge is -2.24. The Labute approximate surface area is 116 Å². The molecule has 0 amide bonds. The summed E-state index contributed by atoms with van der Waals surface area (Å²) >= 11 is 0. The molecular weight excluding hydrogens is 238 g/mol. The highest BCUT2D eigenvalue weighted by atomic mass is 16.5. The number of nitrogens with one attached hydrogen (secondary N) is 1. The molecule has 0 aliphatic carbocycles. The first kappa shape index (κ1) is 14.3. The van der Waals surface area contributed by atoms with Crippen LogP contribution in [0.5, 0.6) is 0 Å². The molecular formula is C15H25N3O. The molecule has 1 aromatic heterocycles. The third-order valence-electron chi connectivity index (χ3n) is 3.31. The lowest BCUT2D eigenvalue weighted by Crippen LogP contribution is -2.28. The zero-order chi connectivity index (χ0) is 13.5. The molecule has 2 heterocycles. The van der Waals surface area contributed by atoms with Crippen LogP contribution in [-0.4, -0.2) is 37.8 Å². The van der Waals surface area contributed by atoms with E-state index >= 15 is 0 Å². The zero-order valence-electron chi connectivity index (χ0n) is 12.1. The molecule has 1 aromatic rings. The Morgan fingerprint density at radius 3 is 3.11 bits per heavy atom. The summed E-state index contributed by atoms with van der Waals surface area (Å²) in [5, 5.41) is 3.50. The highest BCUT2D eigenvalue weighted by Crippen LogP contribution is 2.20. The number of pyridine rings is 1. The first-order chi connectivity index (χ1) is 9.27. The SMILES string of the molecule is CC(C)CNCc1cnccc1N1CCCOCC1. The van der Waals surface area contributed by atoms with Crippen molar-refractivity contribution in [1.82, 2.24) is 10.3 Å². The Balaban J connectivity index is 2.02. The lowest BCUT2D eigenvalue weighted by atomic mass is 10.2. The molecule has 1 saturated heterocycles. The molecule has 4 nitrogen and oxygen atoms in total. The molecule has 2 rings (SSSR count). The molecule has 4 heteroatoms. The number of anilines is 1. The van der Waals surface area contributed by atoms with Gasteiger partial charge in [-0.2, -0.15) is 0 Å². The van der Waals surface area contributed by atoms with Gasteiger partial charge in [0.2, 0.25) is 0 Å². The normalized spacial score (nSPS) is 16.7. The predicted molar refractivity (Wildman–Crippen MR) is 78.4 cm³/mol. The van der Waals surface area contributed by atoms with Gasteiger partial charge in [0.1, 0.15) is 0 Å². The first-order valence-electron chi connectivity index (χ1n) is 7.23. The summed E-state index contributed by atoms with van der Waals surface area (Å²) in [6.45, 7) is 10.1. The second kappa shape index (κ2) is 7.46. The molecule has 19 heavy (non-hydrogen) atoms. The van der Waals surface area contributed by atoms with E-state index in [1.807, 2.05) is 12.4 Å². The summed E-state index contributed by atoms with van der Waals surface area (Å²) in [5.41, 5.74) is 2.59. The Morgan fingerprint density at radius 2 is 2.26 bits per heavy atom. The van der Waals surface area contributed by atoms with Gasteiger partial charge in [-0.15, -0.1) is 0 Å². The minimum absolute atomic E-state index is 0.673. The van der Waals surface area contributed by atoms with E-state index in [9.17, 15) is 0 Å². The zero-order valence-corrected chi connectivity index (χ0v) is 12.1. The summed E-state index contributed by atoms with van der Waals surface area (Å²) in [5.74, 6) is 0.673. The van der Waals surface area contributed by atoms with Crippen molar-refractivity contribution in [3.63, 3.8) is 0 Å². The van der Waals surface area contributed by atoms with Gasteiger partial charge in [-0.1, -0.05) is 13.8 Å². The van der Waals surface area contributed by atoms with Crippen LogP contribution in [0.25, 0.3) is 0 Å². The van der Waals surface area contributed by atoms with E-state index in [0.29, 0.717) is 5.92 Å². The second-order valence-electron chi connectivity index (χ2n) is 5.48. The lowest BCUT2D eigenvalue weighted by molar-refractivity contribution is 0.152. The minimum atomic E-state index is 0.673. The van der Waals surface area contributed by atoms with Gasteiger partial charge in [-0.3, -0.25) is 4.98 Å². The maximum absolute atomic E-state index is 5.53. The average molecular weight is 263 g/mol. The van der Waals surface area contributed by atoms with Crippen LogP contribution >= 0.6 is 0 Å². The topological polar surface area (TPSA) is 37.4 Å². The Bertz CT molecular complexity index is 373. The van der Waals surface area contributed by atoms with Crippen LogP contribution in [0.15, 0.2) is 18.5 Å². The number of hydrogen-bond acceptors (Lipinski definition) is 4. The van der Waals surface area contributed by atoms with Crippen LogP contribution in [0, 0.1) is 5.92 Å². The van der Waals surface area contributed by atoms with Crippen molar-refractivity contribution in [2.45, 2.75) is 26.8 Å². The molecule has 0 spiro atoms. The van der Waals surface area contributed by atoms with Crippen LogP contribution in [-0.2, 0) is 11.3 Å². The van der Waals surface area contributed by atoms with Crippen molar-refractivity contribution in [3.05, 3.63) is 24.0 Å². The van der Waals surface area contributed by atoms with E-state index in [4.69, 9.17) is 4.74 Å². The largest absolute Gasteiger partial charge is 0.380 e. The fraction of sp³-hybridized carbons (Fsp3) is 0.667. The Morgan fingerprint density at radius 1 is 1.37 bits per heavy atom. The van der Waals surface area contributed by atoms with Crippen LogP contribution in [0.2, 0.25) is 0 Å². The van der Waals surface area contributed by atoms with Crippen molar-refractivity contribution in [1.29, 1.82) is 0 Å². The molecule has 106 valence electrons. The van der Waals surface area contributed by atoms with E-state index in [-0.39, 0.29) is 0 Å². The van der Waals surface area contributed by atoms with Crippen LogP contribution in [0.1, 0.15) is 25.8 Å². The maximum Gasteiger partial charge on any atom is 0.0641 e. The fourth-order valence-electron chi connectivity index (χ4n) is 2.35. The highest BCUT2D eigenvalue weighted by Gasteiger charge is 2.13. The predicted octanol–water partition coefficient (Wildman–Crippen LogP) is 2.05. The first-order valence-corrected chi connectivity index (χ1v) is 7.23. The van der Waals surface area contributed by atoms with Gasteiger partial charge in [0.25, 0.3) is 0 Å². The smallest absolute Gasteiger partial charge is 0.0641 e. The summed E-state index contributed by atoms with van der Waals surface area (Å²) in [6.07, 6.45) is 4.96. The number of rotatable bonds is 5. The van der Waals surface area contributed by atoms with Gasteiger partial charge < -0.3 is 15.0 Å². The number of nitrogens with zero attached hydrogens (tertiary/aromatic N) is 2. The molecule has 1 aliphatic heterocycles. The molecule has 0 aromatic carbocycles. The monoisotopic (exact) mass is 263 g/mol. The van der Waals surface area contributed by atoms with Crippen molar-refractivity contribution in [2.24, 2.45) is 5.92 Å². The number of ether oxygens (including phenoxy) is 1. The van der Waals surface area contributed by atoms with Crippen molar-refractivity contribution in [3.8, 4) is 0 Å². The van der Waals surface area contributed by atoms with E-state index in [0.717, 1.165) is 45.8 Å². The van der Waals surface area contributed by atoms with E-state index < -0.39 is 0 Å². The Hall–Kier alpha value is -1.13. The third-order valence-corrected chi connectivity index (χ3v) is 3.31. The molecule has 1 fully saturated rings. The molecule has 0 radical (unpaired) electrons. The van der Waals surface area contributed by atoms with E-state index in [2.05, 4.69) is 35.1 Å². The van der Waals surface area contributed by atoms with Gasteiger partial charge in [-0.25, -0.2) is 0 Å². The van der Waals surface area contributed by atoms with Crippen LogP contribution in [0.4, 0.5) is 5.69 Å². The van der Waals surface area contributed by atoms with Crippen molar-refractivity contribution in [2.75, 3.05) is 37.7 Å². The average Bonchev–Trinajstić information content (AvgIpc) is 2.68. The Kier molecular flexibility index (Phi) is 5.61. The quantitative estimate of drug-likeness (QED) is 0.882.